The summed E-state index contributed by atoms with van der Waals surface area (Å²) in [5.74, 6) is -0.404. The highest BCUT2D eigenvalue weighted by Crippen LogP contribution is 2.44. The van der Waals surface area contributed by atoms with E-state index in [0.29, 0.717) is 22.8 Å². The van der Waals surface area contributed by atoms with Crippen LogP contribution < -0.4 is 4.90 Å². The van der Waals surface area contributed by atoms with Crippen molar-refractivity contribution in [1.82, 2.24) is 0 Å². The maximum atomic E-state index is 13.3. The molecule has 1 atom stereocenters. The van der Waals surface area contributed by atoms with Crippen molar-refractivity contribution in [3.8, 4) is 0 Å². The third-order valence-electron chi connectivity index (χ3n) is 6.72. The first-order valence-electron chi connectivity index (χ1n) is 11.4. The van der Waals surface area contributed by atoms with Gasteiger partial charge in [0, 0.05) is 11.3 Å². The van der Waals surface area contributed by atoms with E-state index in [0.717, 1.165) is 36.8 Å². The fourth-order valence-corrected chi connectivity index (χ4v) is 4.97. The number of carbonyl (C=O) groups excluding carboxylic acids is 2. The summed E-state index contributed by atoms with van der Waals surface area (Å²) in [5.41, 5.74) is 5.58. The van der Waals surface area contributed by atoms with Gasteiger partial charge in [0.25, 0.3) is 11.7 Å². The molecule has 5 heteroatoms. The van der Waals surface area contributed by atoms with E-state index in [9.17, 15) is 14.7 Å². The van der Waals surface area contributed by atoms with Gasteiger partial charge in [0.2, 0.25) is 0 Å². The number of hydrogen-bond acceptors (Lipinski definition) is 4. The van der Waals surface area contributed by atoms with Crippen LogP contribution in [0.5, 0.6) is 0 Å². The van der Waals surface area contributed by atoms with Crippen LogP contribution in [0, 0.1) is 20.8 Å². The number of anilines is 1. The van der Waals surface area contributed by atoms with Crippen LogP contribution in [0.2, 0.25) is 0 Å². The van der Waals surface area contributed by atoms with E-state index in [-0.39, 0.29) is 11.3 Å². The van der Waals surface area contributed by atoms with Crippen molar-refractivity contribution < 1.29 is 19.1 Å². The van der Waals surface area contributed by atoms with E-state index in [4.69, 9.17) is 4.42 Å². The number of aliphatic hydroxyl groups is 1. The lowest BCUT2D eigenvalue weighted by Gasteiger charge is -2.25. The molecule has 0 bridgehead atoms. The Kier molecular flexibility index (Phi) is 5.20. The molecule has 1 amide bonds. The Labute approximate surface area is 193 Å². The molecule has 2 heterocycles. The second-order valence-corrected chi connectivity index (χ2v) is 9.10. The number of rotatable bonds is 3. The zero-order valence-electron chi connectivity index (χ0n) is 19.1. The highest BCUT2D eigenvalue weighted by molar-refractivity contribution is 6.51. The predicted octanol–water partition coefficient (Wildman–Crippen LogP) is 5.71. The lowest BCUT2D eigenvalue weighted by atomic mass is 9.89. The summed E-state index contributed by atoms with van der Waals surface area (Å²) in [7, 11) is 0. The van der Waals surface area contributed by atoms with Gasteiger partial charge in [0.05, 0.1) is 5.57 Å². The van der Waals surface area contributed by atoms with Crippen molar-refractivity contribution >= 4 is 23.1 Å². The lowest BCUT2D eigenvalue weighted by Crippen LogP contribution is -2.30. The number of ketones is 1. The number of carbonyl (C=O) groups is 2. The Hall–Kier alpha value is -3.60. The second-order valence-electron chi connectivity index (χ2n) is 9.10. The first kappa shape index (κ1) is 21.3. The normalized spacial score (nSPS) is 19.7. The minimum Gasteiger partial charge on any atom is -0.507 e. The van der Waals surface area contributed by atoms with Gasteiger partial charge in [-0.25, -0.2) is 0 Å². The highest BCUT2D eigenvalue weighted by Gasteiger charge is 2.48. The van der Waals surface area contributed by atoms with Gasteiger partial charge >= 0.3 is 0 Å². The molecule has 2 aliphatic rings. The van der Waals surface area contributed by atoms with Crippen LogP contribution in [0.3, 0.4) is 0 Å². The largest absolute Gasteiger partial charge is 0.507 e. The maximum Gasteiger partial charge on any atom is 0.300 e. The molecule has 1 saturated heterocycles. The van der Waals surface area contributed by atoms with Crippen molar-refractivity contribution in [2.75, 3.05) is 4.90 Å². The number of nitrogens with zero attached hydrogens (tertiary/aromatic N) is 1. The van der Waals surface area contributed by atoms with Crippen LogP contribution >= 0.6 is 0 Å². The Morgan fingerprint density at radius 1 is 0.939 bits per heavy atom. The molecular formula is C28H27NO4. The van der Waals surface area contributed by atoms with Gasteiger partial charge in [-0.15, -0.1) is 0 Å². The molecule has 1 aliphatic carbocycles. The van der Waals surface area contributed by atoms with Crippen molar-refractivity contribution in [1.29, 1.82) is 0 Å². The van der Waals surface area contributed by atoms with Crippen LogP contribution in [-0.2, 0) is 22.4 Å². The summed E-state index contributed by atoms with van der Waals surface area (Å²) < 4.78 is 5.90. The molecule has 1 fully saturated rings. The van der Waals surface area contributed by atoms with Gasteiger partial charge in [0.1, 0.15) is 23.3 Å². The molecule has 0 radical (unpaired) electrons. The number of hydrogen-bond donors (Lipinski definition) is 1. The molecular weight excluding hydrogens is 414 g/mol. The first-order chi connectivity index (χ1) is 15.8. The number of Topliss-reactive ketones (excluding diaryl/α,β-unsaturated/α-hetero) is 1. The third-order valence-corrected chi connectivity index (χ3v) is 6.72. The lowest BCUT2D eigenvalue weighted by molar-refractivity contribution is -0.132. The SMILES string of the molecule is Cc1ccc(C)c(N2C(=O)C(=O)/C(=C(\O)c3ccc4c(c3)CCCC4)C2c2ccc(C)o2)c1. The highest BCUT2D eigenvalue weighted by atomic mass is 16.3. The van der Waals surface area contributed by atoms with Gasteiger partial charge in [-0.1, -0.05) is 24.3 Å². The molecule has 3 aromatic rings. The molecule has 0 spiro atoms. The number of benzene rings is 2. The Morgan fingerprint density at radius 3 is 2.42 bits per heavy atom. The number of fused-ring (bicyclic) bond motifs is 1. The summed E-state index contributed by atoms with van der Waals surface area (Å²) in [6.07, 6.45) is 4.25. The Morgan fingerprint density at radius 2 is 1.70 bits per heavy atom. The quantitative estimate of drug-likeness (QED) is 0.321. The van der Waals surface area contributed by atoms with Gasteiger partial charge in [-0.05, 0) is 93.0 Å². The molecule has 33 heavy (non-hydrogen) atoms. The smallest absolute Gasteiger partial charge is 0.300 e. The summed E-state index contributed by atoms with van der Waals surface area (Å²) >= 11 is 0. The Balaban J connectivity index is 1.71. The number of furan rings is 1. The summed E-state index contributed by atoms with van der Waals surface area (Å²) in [6, 6.07) is 14.3. The molecule has 0 saturated carbocycles. The topological polar surface area (TPSA) is 70.8 Å². The predicted molar refractivity (Wildman–Crippen MR) is 127 cm³/mol. The van der Waals surface area contributed by atoms with Crippen LogP contribution in [0.15, 0.2) is 58.5 Å². The fraction of sp³-hybridized carbons (Fsp3) is 0.286. The van der Waals surface area contributed by atoms with E-state index >= 15 is 0 Å². The molecule has 1 aromatic heterocycles. The number of aliphatic hydroxyl groups excluding tert-OH is 1. The fourth-order valence-electron chi connectivity index (χ4n) is 4.97. The van der Waals surface area contributed by atoms with Gasteiger partial charge in [-0.3, -0.25) is 14.5 Å². The van der Waals surface area contributed by atoms with E-state index in [1.54, 1.807) is 12.1 Å². The Bertz CT molecular complexity index is 1310. The van der Waals surface area contributed by atoms with Crippen LogP contribution in [-0.4, -0.2) is 16.8 Å². The zero-order valence-corrected chi connectivity index (χ0v) is 19.1. The maximum absolute atomic E-state index is 13.3. The van der Waals surface area contributed by atoms with E-state index in [1.165, 1.54) is 16.0 Å². The number of aryl methyl sites for hydroxylation is 5. The van der Waals surface area contributed by atoms with Crippen molar-refractivity contribution in [3.63, 3.8) is 0 Å². The average molecular weight is 442 g/mol. The first-order valence-corrected chi connectivity index (χ1v) is 11.4. The summed E-state index contributed by atoms with van der Waals surface area (Å²) in [6.45, 7) is 5.66. The third kappa shape index (κ3) is 3.58. The average Bonchev–Trinajstić information content (AvgIpc) is 3.35. The van der Waals surface area contributed by atoms with Crippen molar-refractivity contribution in [2.45, 2.75) is 52.5 Å². The number of amides is 1. The molecule has 1 aliphatic heterocycles. The van der Waals surface area contributed by atoms with Gasteiger partial charge < -0.3 is 9.52 Å². The minimum absolute atomic E-state index is 0.0611. The monoisotopic (exact) mass is 441 g/mol. The van der Waals surface area contributed by atoms with Gasteiger partial charge in [0.15, 0.2) is 0 Å². The molecule has 1 N–H and O–H groups in total. The standard InChI is InChI=1S/C28H27NO4/c1-16-8-9-17(2)22(14-16)29-25(23-13-10-18(3)33-23)24(27(31)28(29)32)26(30)21-12-11-19-6-4-5-7-20(19)15-21/h8-15,25,30H,4-7H2,1-3H3/b26-24-. The van der Waals surface area contributed by atoms with E-state index in [2.05, 4.69) is 0 Å². The molecule has 168 valence electrons. The molecule has 1 unspecified atom stereocenters. The summed E-state index contributed by atoms with van der Waals surface area (Å²) in [5, 5.41) is 11.4. The van der Waals surface area contributed by atoms with Crippen LogP contribution in [0.1, 0.15) is 58.2 Å². The summed E-state index contributed by atoms with van der Waals surface area (Å²) in [4.78, 5) is 28.1. The van der Waals surface area contributed by atoms with Gasteiger partial charge in [-0.2, -0.15) is 0 Å². The molecule has 2 aromatic carbocycles. The zero-order chi connectivity index (χ0) is 23.3. The minimum atomic E-state index is -0.838. The van der Waals surface area contributed by atoms with Crippen molar-refractivity contribution in [3.05, 3.63) is 93.4 Å². The van der Waals surface area contributed by atoms with Crippen LogP contribution in [0.25, 0.3) is 5.76 Å². The second kappa shape index (κ2) is 8.07. The molecule has 5 rings (SSSR count). The van der Waals surface area contributed by atoms with Crippen LogP contribution in [0.4, 0.5) is 5.69 Å². The molecule has 5 nitrogen and oxygen atoms in total. The van der Waals surface area contributed by atoms with Crippen molar-refractivity contribution in [2.24, 2.45) is 0 Å². The van der Waals surface area contributed by atoms with E-state index in [1.807, 2.05) is 57.2 Å². The van der Waals surface area contributed by atoms with E-state index < -0.39 is 17.7 Å².